The highest BCUT2D eigenvalue weighted by atomic mass is 35.5. The number of halogens is 1. The normalized spacial score (nSPS) is 15.5. The summed E-state index contributed by atoms with van der Waals surface area (Å²) in [5.41, 5.74) is 2.34. The Morgan fingerprint density at radius 3 is 2.61 bits per heavy atom. The van der Waals surface area contributed by atoms with Crippen LogP contribution in [0.4, 0.5) is 11.4 Å². The van der Waals surface area contributed by atoms with Gasteiger partial charge < -0.3 is 4.90 Å². The summed E-state index contributed by atoms with van der Waals surface area (Å²) in [6.07, 6.45) is 2.15. The molecular formula is C17H13ClN2O2S. The van der Waals surface area contributed by atoms with Crippen LogP contribution in [0.1, 0.15) is 12.5 Å². The number of sulfone groups is 1. The average Bonchev–Trinajstić information content (AvgIpc) is 2.54. The molecule has 3 rings (SSSR count). The Morgan fingerprint density at radius 2 is 1.91 bits per heavy atom. The summed E-state index contributed by atoms with van der Waals surface area (Å²) in [6.45, 7) is 2.02. The van der Waals surface area contributed by atoms with E-state index in [9.17, 15) is 13.7 Å². The molecule has 0 N–H and O–H groups in total. The number of para-hydroxylation sites is 1. The number of fused-ring (bicyclic) bond motifs is 1. The summed E-state index contributed by atoms with van der Waals surface area (Å²) < 4.78 is 25.0. The summed E-state index contributed by atoms with van der Waals surface area (Å²) >= 11 is 6.06. The van der Waals surface area contributed by atoms with E-state index < -0.39 is 9.84 Å². The van der Waals surface area contributed by atoms with Gasteiger partial charge in [-0.2, -0.15) is 5.26 Å². The van der Waals surface area contributed by atoms with Gasteiger partial charge in [-0.3, -0.25) is 0 Å². The van der Waals surface area contributed by atoms with E-state index in [0.29, 0.717) is 10.7 Å². The molecule has 0 aliphatic carbocycles. The third-order valence-electron chi connectivity index (χ3n) is 3.75. The van der Waals surface area contributed by atoms with Crippen molar-refractivity contribution in [2.45, 2.75) is 18.2 Å². The largest absolute Gasteiger partial charge is 0.313 e. The highest BCUT2D eigenvalue weighted by molar-refractivity contribution is 7.95. The zero-order chi connectivity index (χ0) is 16.6. The number of aryl methyl sites for hydroxylation is 1. The van der Waals surface area contributed by atoms with Gasteiger partial charge in [-0.05, 0) is 36.2 Å². The summed E-state index contributed by atoms with van der Waals surface area (Å²) in [5.74, 6) is 0. The second-order valence-electron chi connectivity index (χ2n) is 5.07. The predicted octanol–water partition coefficient (Wildman–Crippen LogP) is 4.19. The first kappa shape index (κ1) is 15.6. The minimum absolute atomic E-state index is 0.0897. The van der Waals surface area contributed by atoms with Gasteiger partial charge in [0, 0.05) is 16.9 Å². The molecule has 1 heterocycles. The molecule has 0 radical (unpaired) electrons. The highest BCUT2D eigenvalue weighted by Crippen LogP contribution is 2.41. The fourth-order valence-electron chi connectivity index (χ4n) is 2.61. The van der Waals surface area contributed by atoms with E-state index in [0.717, 1.165) is 17.7 Å². The van der Waals surface area contributed by atoms with Crippen LogP contribution in [-0.2, 0) is 16.3 Å². The Balaban J connectivity index is 2.34. The first-order valence-electron chi connectivity index (χ1n) is 7.02. The maximum Gasteiger partial charge on any atom is 0.220 e. The second kappa shape index (κ2) is 5.73. The summed E-state index contributed by atoms with van der Waals surface area (Å²) in [6, 6.07) is 14.0. The van der Waals surface area contributed by atoms with Crippen molar-refractivity contribution < 1.29 is 8.42 Å². The molecule has 0 saturated heterocycles. The van der Waals surface area contributed by atoms with Crippen LogP contribution in [0.15, 0.2) is 58.5 Å². The van der Waals surface area contributed by atoms with Crippen molar-refractivity contribution in [2.24, 2.45) is 0 Å². The molecule has 2 aromatic carbocycles. The van der Waals surface area contributed by atoms with Crippen molar-refractivity contribution in [1.29, 1.82) is 5.26 Å². The summed E-state index contributed by atoms with van der Waals surface area (Å²) in [5, 5.41) is 9.68. The average molecular weight is 345 g/mol. The first-order chi connectivity index (χ1) is 11.0. The number of allylic oxidation sites excluding steroid dienone is 1. The van der Waals surface area contributed by atoms with Crippen LogP contribution in [0.3, 0.4) is 0 Å². The maximum atomic E-state index is 12.5. The Hall–Kier alpha value is -2.29. The number of hydrogen-bond donors (Lipinski definition) is 0. The third kappa shape index (κ3) is 2.50. The number of anilines is 2. The van der Waals surface area contributed by atoms with Gasteiger partial charge in [0.1, 0.15) is 6.07 Å². The van der Waals surface area contributed by atoms with Crippen LogP contribution >= 0.6 is 11.6 Å². The lowest BCUT2D eigenvalue weighted by Gasteiger charge is -2.29. The van der Waals surface area contributed by atoms with E-state index >= 15 is 0 Å². The predicted molar refractivity (Wildman–Crippen MR) is 90.3 cm³/mol. The molecule has 0 saturated carbocycles. The number of nitriles is 1. The van der Waals surface area contributed by atoms with Crippen molar-refractivity contribution in [1.82, 2.24) is 0 Å². The van der Waals surface area contributed by atoms with E-state index in [1.807, 2.05) is 31.2 Å². The van der Waals surface area contributed by atoms with Crippen molar-refractivity contribution in [2.75, 3.05) is 4.90 Å². The smallest absolute Gasteiger partial charge is 0.220 e. The van der Waals surface area contributed by atoms with Crippen LogP contribution in [0.25, 0.3) is 0 Å². The van der Waals surface area contributed by atoms with Crippen LogP contribution in [0.5, 0.6) is 0 Å². The Morgan fingerprint density at radius 1 is 1.17 bits per heavy atom. The molecule has 0 fully saturated rings. The van der Waals surface area contributed by atoms with E-state index in [-0.39, 0.29) is 9.80 Å². The van der Waals surface area contributed by atoms with Crippen molar-refractivity contribution in [3.63, 3.8) is 0 Å². The van der Waals surface area contributed by atoms with Crippen LogP contribution in [0.2, 0.25) is 5.02 Å². The summed E-state index contributed by atoms with van der Waals surface area (Å²) in [4.78, 5) is 1.53. The molecule has 23 heavy (non-hydrogen) atoms. The molecule has 116 valence electrons. The van der Waals surface area contributed by atoms with Crippen LogP contribution < -0.4 is 4.90 Å². The second-order valence-corrected chi connectivity index (χ2v) is 7.40. The van der Waals surface area contributed by atoms with Gasteiger partial charge >= 0.3 is 0 Å². The van der Waals surface area contributed by atoms with Crippen LogP contribution in [-0.4, -0.2) is 8.42 Å². The van der Waals surface area contributed by atoms with Crippen molar-refractivity contribution >= 4 is 32.8 Å². The lowest BCUT2D eigenvalue weighted by Crippen LogP contribution is -2.22. The van der Waals surface area contributed by atoms with Gasteiger partial charge in [0.25, 0.3) is 0 Å². The highest BCUT2D eigenvalue weighted by Gasteiger charge is 2.32. The number of hydrogen-bond acceptors (Lipinski definition) is 4. The lowest BCUT2D eigenvalue weighted by molar-refractivity contribution is 0.602. The molecule has 0 bridgehead atoms. The third-order valence-corrected chi connectivity index (χ3v) is 5.68. The zero-order valence-corrected chi connectivity index (χ0v) is 13.9. The number of benzene rings is 2. The molecule has 4 nitrogen and oxygen atoms in total. The number of nitrogens with zero attached hydrogens (tertiary/aromatic N) is 2. The van der Waals surface area contributed by atoms with Crippen molar-refractivity contribution in [3.05, 3.63) is 64.2 Å². The van der Waals surface area contributed by atoms with Gasteiger partial charge in [-0.15, -0.1) is 0 Å². The molecule has 0 unspecified atom stereocenters. The zero-order valence-electron chi connectivity index (χ0n) is 12.3. The molecule has 1 aliphatic rings. The summed E-state index contributed by atoms with van der Waals surface area (Å²) in [7, 11) is -3.81. The minimum Gasteiger partial charge on any atom is -0.313 e. The fraction of sp³-hybridized carbons (Fsp3) is 0.118. The van der Waals surface area contributed by atoms with Gasteiger partial charge in [0.15, 0.2) is 4.91 Å². The van der Waals surface area contributed by atoms with Gasteiger partial charge in [-0.25, -0.2) is 8.42 Å². The van der Waals surface area contributed by atoms with E-state index in [4.69, 9.17) is 11.6 Å². The molecule has 2 aromatic rings. The van der Waals surface area contributed by atoms with E-state index in [1.165, 1.54) is 18.3 Å². The minimum atomic E-state index is -3.81. The van der Waals surface area contributed by atoms with Gasteiger partial charge in [0.2, 0.25) is 9.84 Å². The fourth-order valence-corrected chi connectivity index (χ4v) is 4.06. The van der Waals surface area contributed by atoms with E-state index in [1.54, 1.807) is 17.0 Å². The van der Waals surface area contributed by atoms with E-state index in [2.05, 4.69) is 0 Å². The quantitative estimate of drug-likeness (QED) is 0.819. The van der Waals surface area contributed by atoms with Crippen LogP contribution in [0, 0.1) is 11.3 Å². The van der Waals surface area contributed by atoms with Crippen molar-refractivity contribution in [3.8, 4) is 6.07 Å². The lowest BCUT2D eigenvalue weighted by atomic mass is 10.1. The standard InChI is InChI=1S/C17H13ClN2O2S/c1-2-12-5-3-4-6-15(12)20-11-14(10-19)23(21,22)17-8-7-13(18)9-16(17)20/h3-9,11H,2H2,1H3. The molecule has 0 atom stereocenters. The number of rotatable bonds is 2. The molecule has 0 amide bonds. The Kier molecular flexibility index (Phi) is 3.88. The van der Waals surface area contributed by atoms with Gasteiger partial charge in [-0.1, -0.05) is 36.7 Å². The molecular weight excluding hydrogens is 332 g/mol. The Bertz CT molecular complexity index is 959. The molecule has 6 heteroatoms. The molecule has 0 aromatic heterocycles. The monoisotopic (exact) mass is 344 g/mol. The molecule has 1 aliphatic heterocycles. The topological polar surface area (TPSA) is 61.2 Å². The Labute approximate surface area is 140 Å². The first-order valence-corrected chi connectivity index (χ1v) is 8.89. The molecule has 0 spiro atoms. The maximum absolute atomic E-state index is 12.5. The SMILES string of the molecule is CCc1ccccc1N1C=C(C#N)S(=O)(=O)c2ccc(Cl)cc21. The van der Waals surface area contributed by atoms with Gasteiger partial charge in [0.05, 0.1) is 10.6 Å².